The lowest BCUT2D eigenvalue weighted by molar-refractivity contribution is -0.116. The fraction of sp³-hybridized carbons (Fsp3) is 0.0769. The summed E-state index contributed by atoms with van der Waals surface area (Å²) >= 11 is 1.36. The summed E-state index contributed by atoms with van der Waals surface area (Å²) in [7, 11) is 0. The molecule has 0 bridgehead atoms. The van der Waals surface area contributed by atoms with Gasteiger partial charge in [-0.25, -0.2) is 9.67 Å². The van der Waals surface area contributed by atoms with Crippen LogP contribution in [0.1, 0.15) is 0 Å². The van der Waals surface area contributed by atoms with Crippen molar-refractivity contribution in [2.75, 3.05) is 11.1 Å². The molecule has 2 aromatic heterocycles. The van der Waals surface area contributed by atoms with Crippen molar-refractivity contribution in [1.82, 2.24) is 20.0 Å². The van der Waals surface area contributed by atoms with E-state index >= 15 is 0 Å². The van der Waals surface area contributed by atoms with E-state index in [1.54, 1.807) is 23.8 Å². The van der Waals surface area contributed by atoms with Gasteiger partial charge in [0.2, 0.25) is 5.91 Å². The average Bonchev–Trinajstić information content (AvgIpc) is 3.10. The van der Waals surface area contributed by atoms with Crippen LogP contribution in [0.5, 0.6) is 0 Å². The number of hydrogen-bond acceptors (Lipinski definition) is 6. The van der Waals surface area contributed by atoms with Crippen LogP contribution in [0.25, 0.3) is 11.3 Å². The van der Waals surface area contributed by atoms with Gasteiger partial charge >= 0.3 is 0 Å². The fourth-order valence-electron chi connectivity index (χ4n) is 1.80. The standard InChI is InChI=1S/C13H12N6OS/c14-10-3-1-2-9(6-10)11-7-19(18-17-11)8-12(20)16-13-15-4-5-21-13/h1-7H,8,14H2,(H,15,16,20). The topological polar surface area (TPSA) is 98.7 Å². The molecule has 0 saturated heterocycles. The van der Waals surface area contributed by atoms with Gasteiger partial charge in [-0.15, -0.1) is 16.4 Å². The van der Waals surface area contributed by atoms with Crippen LogP contribution >= 0.6 is 11.3 Å². The summed E-state index contributed by atoms with van der Waals surface area (Å²) in [6.45, 7) is 0.0783. The molecule has 0 saturated carbocycles. The first-order valence-corrected chi connectivity index (χ1v) is 7.04. The Hall–Kier alpha value is -2.74. The van der Waals surface area contributed by atoms with Crippen molar-refractivity contribution >= 4 is 28.1 Å². The van der Waals surface area contributed by atoms with Crippen LogP contribution in [0.4, 0.5) is 10.8 Å². The van der Waals surface area contributed by atoms with Crippen LogP contribution in [0.2, 0.25) is 0 Å². The predicted molar refractivity (Wildman–Crippen MR) is 80.6 cm³/mol. The van der Waals surface area contributed by atoms with E-state index in [0.717, 1.165) is 5.56 Å². The summed E-state index contributed by atoms with van der Waals surface area (Å²) in [5, 5.41) is 13.0. The molecule has 0 aliphatic carbocycles. The highest BCUT2D eigenvalue weighted by molar-refractivity contribution is 7.13. The Bertz CT molecular complexity index is 752. The van der Waals surface area contributed by atoms with Gasteiger partial charge in [0.25, 0.3) is 0 Å². The lowest BCUT2D eigenvalue weighted by Crippen LogP contribution is -2.18. The van der Waals surface area contributed by atoms with Gasteiger partial charge < -0.3 is 11.1 Å². The highest BCUT2D eigenvalue weighted by Crippen LogP contribution is 2.18. The van der Waals surface area contributed by atoms with Crippen molar-refractivity contribution in [2.24, 2.45) is 0 Å². The quantitative estimate of drug-likeness (QED) is 0.713. The Morgan fingerprint density at radius 2 is 2.33 bits per heavy atom. The molecule has 0 atom stereocenters. The Labute approximate surface area is 124 Å². The molecule has 1 amide bonds. The Morgan fingerprint density at radius 3 is 3.10 bits per heavy atom. The third-order valence-electron chi connectivity index (χ3n) is 2.71. The van der Waals surface area contributed by atoms with Gasteiger partial charge in [0.05, 0.1) is 6.20 Å². The summed E-state index contributed by atoms with van der Waals surface area (Å²) in [5.41, 5.74) is 7.92. The van der Waals surface area contributed by atoms with E-state index in [9.17, 15) is 4.79 Å². The van der Waals surface area contributed by atoms with Crippen LogP contribution in [-0.2, 0) is 11.3 Å². The Balaban J connectivity index is 1.69. The molecule has 2 heterocycles. The molecule has 8 heteroatoms. The number of nitrogens with two attached hydrogens (primary N) is 1. The number of nitrogens with one attached hydrogen (secondary N) is 1. The number of thiazole rings is 1. The summed E-state index contributed by atoms with van der Waals surface area (Å²) in [5.74, 6) is -0.200. The first-order chi connectivity index (χ1) is 10.2. The SMILES string of the molecule is Nc1cccc(-c2cn(CC(=O)Nc3nccs3)nn2)c1. The minimum Gasteiger partial charge on any atom is -0.399 e. The number of benzene rings is 1. The summed E-state index contributed by atoms with van der Waals surface area (Å²) in [4.78, 5) is 15.8. The van der Waals surface area contributed by atoms with Crippen LogP contribution in [0, 0.1) is 0 Å². The van der Waals surface area contributed by atoms with Gasteiger partial charge in [0.15, 0.2) is 5.13 Å². The fourth-order valence-corrected chi connectivity index (χ4v) is 2.34. The average molecular weight is 300 g/mol. The molecule has 0 unspecified atom stereocenters. The second-order valence-electron chi connectivity index (χ2n) is 4.31. The minimum atomic E-state index is -0.200. The second-order valence-corrected chi connectivity index (χ2v) is 5.21. The van der Waals surface area contributed by atoms with E-state index < -0.39 is 0 Å². The molecule has 21 heavy (non-hydrogen) atoms. The first-order valence-electron chi connectivity index (χ1n) is 6.16. The van der Waals surface area contributed by atoms with Gasteiger partial charge in [0, 0.05) is 22.8 Å². The number of aromatic nitrogens is 4. The van der Waals surface area contributed by atoms with Gasteiger partial charge in [-0.05, 0) is 12.1 Å². The lowest BCUT2D eigenvalue weighted by atomic mass is 10.1. The minimum absolute atomic E-state index is 0.0783. The molecule has 0 radical (unpaired) electrons. The predicted octanol–water partition coefficient (Wildman–Crippen LogP) is 1.62. The number of carbonyl (C=O) groups is 1. The van der Waals surface area contributed by atoms with Crippen LogP contribution < -0.4 is 11.1 Å². The van der Waals surface area contributed by atoms with Crippen LogP contribution in [-0.4, -0.2) is 25.9 Å². The zero-order valence-electron chi connectivity index (χ0n) is 10.9. The first kappa shape index (κ1) is 13.3. The van der Waals surface area contributed by atoms with E-state index in [1.165, 1.54) is 16.0 Å². The van der Waals surface area contributed by atoms with Gasteiger partial charge in [-0.3, -0.25) is 4.79 Å². The number of anilines is 2. The third-order valence-corrected chi connectivity index (χ3v) is 3.39. The molecular weight excluding hydrogens is 288 g/mol. The second kappa shape index (κ2) is 5.71. The Morgan fingerprint density at radius 1 is 1.43 bits per heavy atom. The van der Waals surface area contributed by atoms with Gasteiger partial charge in [-0.1, -0.05) is 17.3 Å². The molecule has 3 rings (SSSR count). The maximum Gasteiger partial charge on any atom is 0.247 e. The number of nitrogens with zero attached hydrogens (tertiary/aromatic N) is 4. The normalized spacial score (nSPS) is 10.5. The zero-order chi connectivity index (χ0) is 14.7. The van der Waals surface area contributed by atoms with Crippen molar-refractivity contribution in [1.29, 1.82) is 0 Å². The van der Waals surface area contributed by atoms with Gasteiger partial charge in [-0.2, -0.15) is 0 Å². The van der Waals surface area contributed by atoms with E-state index in [2.05, 4.69) is 20.6 Å². The monoisotopic (exact) mass is 300 g/mol. The number of rotatable bonds is 4. The van der Waals surface area contributed by atoms with Gasteiger partial charge in [0.1, 0.15) is 12.2 Å². The molecule has 0 fully saturated rings. The summed E-state index contributed by atoms with van der Waals surface area (Å²) < 4.78 is 1.47. The van der Waals surface area contributed by atoms with Crippen molar-refractivity contribution < 1.29 is 4.79 Å². The van der Waals surface area contributed by atoms with Crippen LogP contribution in [0.15, 0.2) is 42.0 Å². The number of carbonyl (C=O) groups excluding carboxylic acids is 1. The largest absolute Gasteiger partial charge is 0.399 e. The van der Waals surface area contributed by atoms with E-state index in [1.807, 2.05) is 18.2 Å². The number of nitrogen functional groups attached to an aromatic ring is 1. The van der Waals surface area contributed by atoms with Crippen molar-refractivity contribution in [2.45, 2.75) is 6.54 Å². The highest BCUT2D eigenvalue weighted by Gasteiger charge is 2.09. The van der Waals surface area contributed by atoms with E-state index in [0.29, 0.717) is 16.5 Å². The van der Waals surface area contributed by atoms with Crippen molar-refractivity contribution in [3.8, 4) is 11.3 Å². The maximum absolute atomic E-state index is 11.8. The third kappa shape index (κ3) is 3.23. The molecule has 1 aromatic carbocycles. The molecule has 3 aromatic rings. The van der Waals surface area contributed by atoms with E-state index in [4.69, 9.17) is 5.73 Å². The molecule has 0 aliphatic rings. The number of amides is 1. The smallest absolute Gasteiger partial charge is 0.247 e. The van der Waals surface area contributed by atoms with E-state index in [-0.39, 0.29) is 12.5 Å². The van der Waals surface area contributed by atoms with Crippen LogP contribution in [0.3, 0.4) is 0 Å². The summed E-state index contributed by atoms with van der Waals surface area (Å²) in [6, 6.07) is 7.35. The molecule has 7 nitrogen and oxygen atoms in total. The molecule has 106 valence electrons. The summed E-state index contributed by atoms with van der Waals surface area (Å²) in [6.07, 6.45) is 3.34. The molecular formula is C13H12N6OS. The molecule has 0 aliphatic heterocycles. The molecule has 0 spiro atoms. The highest BCUT2D eigenvalue weighted by atomic mass is 32.1. The zero-order valence-corrected chi connectivity index (χ0v) is 11.7. The van der Waals surface area contributed by atoms with Crippen molar-refractivity contribution in [3.05, 3.63) is 42.0 Å². The Kier molecular flexibility index (Phi) is 3.61. The maximum atomic E-state index is 11.8. The lowest BCUT2D eigenvalue weighted by Gasteiger charge is -2.00. The number of hydrogen-bond donors (Lipinski definition) is 2. The van der Waals surface area contributed by atoms with Crippen molar-refractivity contribution in [3.63, 3.8) is 0 Å². The molecule has 3 N–H and O–H groups in total.